The molecule has 0 fully saturated rings. The van der Waals surface area contributed by atoms with E-state index in [9.17, 15) is 0 Å². The highest BCUT2D eigenvalue weighted by molar-refractivity contribution is 6.29. The molecule has 0 saturated heterocycles. The molecule has 0 saturated carbocycles. The van der Waals surface area contributed by atoms with E-state index in [2.05, 4.69) is 269 Å². The Hall–Kier alpha value is -9.38. The molecule has 0 aliphatic carbocycles. The van der Waals surface area contributed by atoms with Gasteiger partial charge in [0.15, 0.2) is 0 Å². The lowest BCUT2D eigenvalue weighted by Gasteiger charge is -2.20. The Labute approximate surface area is 462 Å². The van der Waals surface area contributed by atoms with Crippen molar-refractivity contribution in [3.63, 3.8) is 0 Å². The maximum atomic E-state index is 7.06. The summed E-state index contributed by atoms with van der Waals surface area (Å²) >= 11 is 0. The van der Waals surface area contributed by atoms with Crippen molar-refractivity contribution in [3.05, 3.63) is 263 Å². The largest absolute Gasteiger partial charge is 0.455 e. The van der Waals surface area contributed by atoms with Gasteiger partial charge in [-0.15, -0.1) is 0 Å². The fraction of sp³-hybridized carbons (Fsp3) is 0.132. The Balaban J connectivity index is 0.843. The van der Waals surface area contributed by atoms with E-state index in [0.717, 1.165) is 33.1 Å². The Kier molecular flexibility index (Phi) is 9.19. The van der Waals surface area contributed by atoms with Crippen molar-refractivity contribution < 1.29 is 8.83 Å². The smallest absolute Gasteiger partial charge is 0.139 e. The van der Waals surface area contributed by atoms with Gasteiger partial charge in [-0.25, -0.2) is 0 Å². The number of benzene rings is 11. The first kappa shape index (κ1) is 45.6. The molecule has 382 valence electrons. The van der Waals surface area contributed by atoms with Crippen LogP contribution in [0.4, 0.5) is 0 Å². The molecule has 4 nitrogen and oxygen atoms in total. The molecule has 0 amide bonds. The van der Waals surface area contributed by atoms with E-state index in [1.807, 2.05) is 0 Å². The quantitative estimate of drug-likeness (QED) is 0.156. The molecule has 11 aromatic carbocycles. The highest BCUT2D eigenvalue weighted by atomic mass is 16.3. The molecule has 0 aliphatic heterocycles. The van der Waals surface area contributed by atoms with E-state index < -0.39 is 0 Å². The molecule has 0 bridgehead atoms. The summed E-state index contributed by atoms with van der Waals surface area (Å²) in [6.45, 7) is 13.6. The summed E-state index contributed by atoms with van der Waals surface area (Å²) in [6, 6.07) is 81.8. The first-order chi connectivity index (χ1) is 39.0. The van der Waals surface area contributed by atoms with Gasteiger partial charge in [0.25, 0.3) is 0 Å². The van der Waals surface area contributed by atoms with Crippen LogP contribution < -0.4 is 0 Å². The second-order valence-corrected chi connectivity index (χ2v) is 24.7. The number of furan rings is 2. The van der Waals surface area contributed by atoms with E-state index in [4.69, 9.17) is 8.83 Å². The molecular weight excluding hydrogens is 973 g/mol. The summed E-state index contributed by atoms with van der Waals surface area (Å²) in [5.74, 6) is -0.109. The van der Waals surface area contributed by atoms with E-state index >= 15 is 0 Å². The Morgan fingerprint density at radius 2 is 0.613 bits per heavy atom. The van der Waals surface area contributed by atoms with Crippen LogP contribution in [0, 0.1) is 0 Å². The molecule has 0 aliphatic rings. The molecule has 80 heavy (non-hydrogen) atoms. The van der Waals surface area contributed by atoms with Crippen LogP contribution in [0.1, 0.15) is 97.9 Å². The molecule has 2 unspecified atom stereocenters. The van der Waals surface area contributed by atoms with Gasteiger partial charge < -0.3 is 17.6 Å². The van der Waals surface area contributed by atoms with Crippen LogP contribution in [0.25, 0.3) is 120 Å². The van der Waals surface area contributed by atoms with Gasteiger partial charge in [-0.05, 0) is 69.5 Å². The minimum atomic E-state index is -0.0640. The zero-order valence-electron chi connectivity index (χ0n) is 45.7. The summed E-state index contributed by atoms with van der Waals surface area (Å²) in [7, 11) is 0. The monoisotopic (exact) mass is 1030 g/mol. The minimum Gasteiger partial charge on any atom is -0.455 e. The van der Waals surface area contributed by atoms with Crippen molar-refractivity contribution in [2.45, 2.75) is 64.2 Å². The van der Waals surface area contributed by atoms with Gasteiger partial charge in [0, 0.05) is 98.7 Å². The zero-order valence-corrected chi connectivity index (χ0v) is 45.7. The molecule has 0 N–H and O–H groups in total. The third kappa shape index (κ3) is 6.22. The van der Waals surface area contributed by atoms with Gasteiger partial charge in [0.05, 0.1) is 33.1 Å². The lowest BCUT2D eigenvalue weighted by atomic mass is 9.83. The topological polar surface area (TPSA) is 35.1 Å². The number of hydrogen-bond donors (Lipinski definition) is 0. The van der Waals surface area contributed by atoms with E-state index in [1.54, 1.807) is 0 Å². The summed E-state index contributed by atoms with van der Waals surface area (Å²) in [6.07, 6.45) is 0. The molecular formula is C76H56N2O2. The molecule has 0 radical (unpaired) electrons. The van der Waals surface area contributed by atoms with Gasteiger partial charge >= 0.3 is 0 Å². The van der Waals surface area contributed by atoms with Crippen LogP contribution >= 0.6 is 0 Å². The lowest BCUT2D eigenvalue weighted by Crippen LogP contribution is -2.10. The molecule has 0 spiro atoms. The van der Waals surface area contributed by atoms with E-state index in [0.29, 0.717) is 0 Å². The summed E-state index contributed by atoms with van der Waals surface area (Å²) in [5, 5.41) is 14.8. The minimum absolute atomic E-state index is 0.0544. The second kappa shape index (κ2) is 16.1. The van der Waals surface area contributed by atoms with Crippen molar-refractivity contribution in [2.24, 2.45) is 0 Å². The molecule has 2 atom stereocenters. The third-order valence-electron chi connectivity index (χ3n) is 18.1. The Morgan fingerprint density at radius 1 is 0.275 bits per heavy atom. The van der Waals surface area contributed by atoms with Crippen LogP contribution in [-0.4, -0.2) is 8.80 Å². The van der Waals surface area contributed by atoms with Gasteiger partial charge in [-0.1, -0.05) is 224 Å². The van der Waals surface area contributed by atoms with E-state index in [-0.39, 0.29) is 22.7 Å². The average Bonchev–Trinajstić information content (AvgIpc) is 4.44. The number of nitrogens with zero attached hydrogens (tertiary/aromatic N) is 2. The van der Waals surface area contributed by atoms with Crippen LogP contribution in [0.3, 0.4) is 0 Å². The number of para-hydroxylation sites is 6. The fourth-order valence-electron chi connectivity index (χ4n) is 14.6. The van der Waals surface area contributed by atoms with Crippen molar-refractivity contribution in [3.8, 4) is 0 Å². The summed E-state index contributed by atoms with van der Waals surface area (Å²) < 4.78 is 19.2. The number of rotatable bonds is 6. The molecule has 17 rings (SSSR count). The van der Waals surface area contributed by atoms with Gasteiger partial charge in [-0.2, -0.15) is 0 Å². The number of aromatic nitrogens is 2. The van der Waals surface area contributed by atoms with E-state index in [1.165, 1.54) is 131 Å². The van der Waals surface area contributed by atoms with Crippen LogP contribution in [0.5, 0.6) is 0 Å². The SMILES string of the molecule is CC(C)(C)c1cccc2c1oc1c(C(c3ccccc3)c3ccc4c(c3)c3cccc5c6cc7c(cc6n4c35)c3cccc4c5cc(C(c6ccccc6)c6cccc8c6oc6c(C(C)(C)C)cccc68)ccc5n7c43)cccc12. The normalized spacial score (nSPS) is 13.8. The zero-order chi connectivity index (χ0) is 53.5. The molecule has 4 heteroatoms. The lowest BCUT2D eigenvalue weighted by molar-refractivity contribution is 0.571. The van der Waals surface area contributed by atoms with Gasteiger partial charge in [0.1, 0.15) is 22.3 Å². The standard InChI is InChI=1S/C76H56N2O2/c1-75(2,3)61-33-17-29-53-51-27-15-31-55(71(51)79-73(53)61)67(43-19-9-7-10-20-43)45-35-37-63-57(39-45)47-23-13-25-49-59-42-66-60(41-65(59)77(63)69(47)49)50-26-14-24-48-58-40-46(36-38-64(58)78(66)70(48)50)68(44-21-11-8-12-22-44)56-32-16-28-52-54-30-18-34-62(76(4,5)6)74(54)80-72(52)56/h7-42,67-68H,1-6H3. The van der Waals surface area contributed by atoms with Gasteiger partial charge in [-0.3, -0.25) is 0 Å². The first-order valence-electron chi connectivity index (χ1n) is 28.3. The third-order valence-corrected chi connectivity index (χ3v) is 18.1. The van der Waals surface area contributed by atoms with Crippen LogP contribution in [0.2, 0.25) is 0 Å². The predicted molar refractivity (Wildman–Crippen MR) is 335 cm³/mol. The van der Waals surface area contributed by atoms with Crippen molar-refractivity contribution >= 4 is 120 Å². The van der Waals surface area contributed by atoms with Crippen LogP contribution in [-0.2, 0) is 10.8 Å². The maximum absolute atomic E-state index is 7.06. The van der Waals surface area contributed by atoms with Crippen molar-refractivity contribution in [1.82, 2.24) is 8.80 Å². The van der Waals surface area contributed by atoms with Crippen molar-refractivity contribution in [2.75, 3.05) is 0 Å². The van der Waals surface area contributed by atoms with Crippen LogP contribution in [0.15, 0.2) is 227 Å². The number of fused-ring (bicyclic) bond motifs is 18. The fourth-order valence-corrected chi connectivity index (χ4v) is 14.6. The maximum Gasteiger partial charge on any atom is 0.139 e. The molecule has 6 heterocycles. The average molecular weight is 1030 g/mol. The number of hydrogen-bond acceptors (Lipinski definition) is 2. The molecule has 17 aromatic rings. The van der Waals surface area contributed by atoms with Gasteiger partial charge in [0.2, 0.25) is 0 Å². The predicted octanol–water partition coefficient (Wildman–Crippen LogP) is 20.7. The summed E-state index contributed by atoms with van der Waals surface area (Å²) in [4.78, 5) is 0. The first-order valence-corrected chi connectivity index (χ1v) is 28.3. The highest BCUT2D eigenvalue weighted by Crippen LogP contribution is 2.49. The Morgan fingerprint density at radius 3 is 1.00 bits per heavy atom. The summed E-state index contributed by atoms with van der Waals surface area (Å²) in [5.41, 5.74) is 20.9. The van der Waals surface area contributed by atoms with Crippen molar-refractivity contribution in [1.29, 1.82) is 0 Å². The Bertz CT molecular complexity index is 5040. The second-order valence-electron chi connectivity index (χ2n) is 24.7. The highest BCUT2D eigenvalue weighted by Gasteiger charge is 2.30. The molecule has 6 aromatic heterocycles.